The Labute approximate surface area is 123 Å². The third kappa shape index (κ3) is 3.46. The van der Waals surface area contributed by atoms with Crippen LogP contribution in [-0.4, -0.2) is 18.1 Å². The number of nitrogens with two attached hydrogens (primary N) is 1. The highest BCUT2D eigenvalue weighted by Gasteiger charge is 2.36. The van der Waals surface area contributed by atoms with Crippen molar-refractivity contribution >= 4 is 11.7 Å². The molecule has 0 aliphatic rings. The van der Waals surface area contributed by atoms with Gasteiger partial charge in [-0.25, -0.2) is 9.78 Å². The Morgan fingerprint density at radius 1 is 1.23 bits per heavy atom. The lowest BCUT2D eigenvalue weighted by atomic mass is 10.1. The molecule has 0 bridgehead atoms. The molecule has 0 aliphatic carbocycles. The molecule has 0 unspecified atom stereocenters. The van der Waals surface area contributed by atoms with E-state index in [0.717, 1.165) is 13.3 Å². The Hall–Kier alpha value is -2.77. The van der Waals surface area contributed by atoms with Crippen LogP contribution in [-0.2, 0) is 10.9 Å². The first-order valence-corrected chi connectivity index (χ1v) is 6.00. The number of halogens is 3. The number of alkyl halides is 3. The van der Waals surface area contributed by atoms with Crippen molar-refractivity contribution in [1.82, 2.24) is 4.98 Å². The number of aromatic nitrogens is 1. The zero-order valence-electron chi connectivity index (χ0n) is 11.3. The first-order chi connectivity index (χ1) is 10.3. The number of hydrogen-bond acceptors (Lipinski definition) is 5. The molecule has 116 valence electrons. The molecule has 1 aromatic carbocycles. The maximum absolute atomic E-state index is 13.0. The summed E-state index contributed by atoms with van der Waals surface area (Å²) in [6.07, 6.45) is -3.98. The number of anilines is 1. The fourth-order valence-corrected chi connectivity index (χ4v) is 1.66. The summed E-state index contributed by atoms with van der Waals surface area (Å²) in [7, 11) is 0.987. The lowest BCUT2D eigenvalue weighted by molar-refractivity contribution is -0.138. The number of ether oxygens (including phenoxy) is 2. The van der Waals surface area contributed by atoms with Crippen LogP contribution in [0.1, 0.15) is 15.9 Å². The third-order valence-electron chi connectivity index (χ3n) is 2.69. The van der Waals surface area contributed by atoms with Crippen LogP contribution in [0, 0.1) is 0 Å². The van der Waals surface area contributed by atoms with E-state index in [2.05, 4.69) is 9.72 Å². The van der Waals surface area contributed by atoms with Gasteiger partial charge in [-0.15, -0.1) is 0 Å². The number of benzene rings is 1. The molecule has 2 N–H and O–H groups in total. The number of nitrogens with zero attached hydrogens (tertiary/aromatic N) is 1. The van der Waals surface area contributed by atoms with Gasteiger partial charge < -0.3 is 15.2 Å². The molecule has 0 radical (unpaired) electrons. The topological polar surface area (TPSA) is 74.4 Å². The first kappa shape index (κ1) is 15.6. The van der Waals surface area contributed by atoms with E-state index >= 15 is 0 Å². The summed E-state index contributed by atoms with van der Waals surface area (Å²) in [5, 5.41) is 0. The number of methoxy groups -OCH3 is 1. The molecule has 0 saturated heterocycles. The minimum Gasteiger partial charge on any atom is -0.465 e. The smallest absolute Gasteiger partial charge is 0.417 e. The van der Waals surface area contributed by atoms with Crippen molar-refractivity contribution in [1.29, 1.82) is 0 Å². The van der Waals surface area contributed by atoms with Gasteiger partial charge in [0.2, 0.25) is 5.88 Å². The Balaban J connectivity index is 2.38. The minimum atomic E-state index is -4.74. The number of rotatable bonds is 3. The van der Waals surface area contributed by atoms with Crippen LogP contribution in [0.15, 0.2) is 36.5 Å². The molecule has 22 heavy (non-hydrogen) atoms. The zero-order valence-corrected chi connectivity index (χ0v) is 11.3. The van der Waals surface area contributed by atoms with Gasteiger partial charge in [0.1, 0.15) is 5.75 Å². The largest absolute Gasteiger partial charge is 0.465 e. The minimum absolute atomic E-state index is 0.264. The normalized spacial score (nSPS) is 11.1. The second-order valence-corrected chi connectivity index (χ2v) is 4.23. The van der Waals surface area contributed by atoms with E-state index in [1.165, 1.54) is 24.3 Å². The molecule has 0 fully saturated rings. The molecule has 0 amide bonds. The Morgan fingerprint density at radius 3 is 2.41 bits per heavy atom. The fourth-order valence-electron chi connectivity index (χ4n) is 1.66. The van der Waals surface area contributed by atoms with Crippen LogP contribution in [0.25, 0.3) is 0 Å². The summed E-state index contributed by atoms with van der Waals surface area (Å²) in [5.74, 6) is -1.16. The second kappa shape index (κ2) is 5.92. The van der Waals surface area contributed by atoms with Gasteiger partial charge >= 0.3 is 12.1 Å². The monoisotopic (exact) mass is 312 g/mol. The van der Waals surface area contributed by atoms with E-state index in [0.29, 0.717) is 11.8 Å². The predicted octanol–water partition coefficient (Wildman–Crippen LogP) is 3.26. The highest BCUT2D eigenvalue weighted by molar-refractivity contribution is 5.91. The van der Waals surface area contributed by atoms with Gasteiger partial charge in [-0.05, 0) is 24.3 Å². The number of nitrogen functional groups attached to an aromatic ring is 1. The van der Waals surface area contributed by atoms with E-state index in [-0.39, 0.29) is 11.6 Å². The molecular formula is C14H11F3N2O3. The maximum atomic E-state index is 13.0. The van der Waals surface area contributed by atoms with E-state index < -0.39 is 23.3 Å². The van der Waals surface area contributed by atoms with Crippen molar-refractivity contribution in [3.05, 3.63) is 47.7 Å². The van der Waals surface area contributed by atoms with Gasteiger partial charge in [-0.2, -0.15) is 13.2 Å². The van der Waals surface area contributed by atoms with Gasteiger partial charge in [0.25, 0.3) is 0 Å². The summed E-state index contributed by atoms with van der Waals surface area (Å²) >= 11 is 0. The van der Waals surface area contributed by atoms with Crippen LogP contribution in [0.5, 0.6) is 11.6 Å². The van der Waals surface area contributed by atoms with Crippen molar-refractivity contribution in [2.75, 3.05) is 12.8 Å². The lowest BCUT2D eigenvalue weighted by Crippen LogP contribution is -2.15. The van der Waals surface area contributed by atoms with Crippen molar-refractivity contribution in [3.63, 3.8) is 0 Å². The molecule has 0 saturated carbocycles. The van der Waals surface area contributed by atoms with Crippen molar-refractivity contribution in [2.45, 2.75) is 6.18 Å². The quantitative estimate of drug-likeness (QED) is 0.695. The van der Waals surface area contributed by atoms with Gasteiger partial charge in [0.05, 0.1) is 18.2 Å². The van der Waals surface area contributed by atoms with Crippen LogP contribution in [0.3, 0.4) is 0 Å². The highest BCUT2D eigenvalue weighted by atomic mass is 19.4. The van der Waals surface area contributed by atoms with Crippen LogP contribution in [0.4, 0.5) is 18.9 Å². The second-order valence-electron chi connectivity index (χ2n) is 4.23. The summed E-state index contributed by atoms with van der Waals surface area (Å²) in [5.41, 5.74) is 4.12. The number of esters is 1. The number of carbonyl (C=O) groups is 1. The van der Waals surface area contributed by atoms with Crippen LogP contribution < -0.4 is 10.5 Å². The summed E-state index contributed by atoms with van der Waals surface area (Å²) in [4.78, 5) is 15.1. The summed E-state index contributed by atoms with van der Waals surface area (Å²) in [6, 6.07) is 6.67. The molecule has 0 spiro atoms. The van der Waals surface area contributed by atoms with Gasteiger partial charge in [0, 0.05) is 18.0 Å². The van der Waals surface area contributed by atoms with E-state index in [1.54, 1.807) is 0 Å². The summed E-state index contributed by atoms with van der Waals surface area (Å²) < 4.78 is 48.6. The molecule has 1 aromatic heterocycles. The molecule has 1 heterocycles. The Kier molecular flexibility index (Phi) is 4.20. The molecular weight excluding hydrogens is 301 g/mol. The molecule has 5 nitrogen and oxygen atoms in total. The maximum Gasteiger partial charge on any atom is 0.417 e. The average molecular weight is 312 g/mol. The van der Waals surface area contributed by atoms with Crippen molar-refractivity contribution in [2.24, 2.45) is 0 Å². The Bertz CT molecular complexity index is 685. The van der Waals surface area contributed by atoms with Crippen LogP contribution in [0.2, 0.25) is 0 Å². The van der Waals surface area contributed by atoms with E-state index in [9.17, 15) is 18.0 Å². The first-order valence-electron chi connectivity index (χ1n) is 6.00. The lowest BCUT2D eigenvalue weighted by Gasteiger charge is -2.13. The summed E-state index contributed by atoms with van der Waals surface area (Å²) in [6.45, 7) is 0. The molecule has 0 aliphatic heterocycles. The number of carbonyl (C=O) groups excluding carboxylic acids is 1. The third-order valence-corrected chi connectivity index (χ3v) is 2.69. The Morgan fingerprint density at radius 2 is 1.86 bits per heavy atom. The number of hydrogen-bond donors (Lipinski definition) is 1. The zero-order chi connectivity index (χ0) is 16.3. The standard InChI is InChI=1S/C14H11F3N2O3/c1-21-13(20)10-7-19-12(6-11(10)14(15,16)17)22-9-4-2-8(18)3-5-9/h2-7H,18H2,1H3. The van der Waals surface area contributed by atoms with Gasteiger partial charge in [-0.1, -0.05) is 0 Å². The fraction of sp³-hybridized carbons (Fsp3) is 0.143. The number of pyridine rings is 1. The highest BCUT2D eigenvalue weighted by Crippen LogP contribution is 2.34. The SMILES string of the molecule is COC(=O)c1cnc(Oc2ccc(N)cc2)cc1C(F)(F)F. The van der Waals surface area contributed by atoms with Crippen molar-refractivity contribution in [3.8, 4) is 11.6 Å². The van der Waals surface area contributed by atoms with Gasteiger partial charge in [-0.3, -0.25) is 0 Å². The van der Waals surface area contributed by atoms with Crippen molar-refractivity contribution < 1.29 is 27.4 Å². The molecule has 2 aromatic rings. The van der Waals surface area contributed by atoms with Gasteiger partial charge in [0.15, 0.2) is 0 Å². The van der Waals surface area contributed by atoms with E-state index in [1.807, 2.05) is 0 Å². The molecule has 8 heteroatoms. The van der Waals surface area contributed by atoms with E-state index in [4.69, 9.17) is 10.5 Å². The average Bonchev–Trinajstić information content (AvgIpc) is 2.48. The van der Waals surface area contributed by atoms with Crippen LogP contribution >= 0.6 is 0 Å². The molecule has 0 atom stereocenters. The molecule has 2 rings (SSSR count). The predicted molar refractivity (Wildman–Crippen MR) is 71.5 cm³/mol.